The molecule has 5 heteroatoms. The average Bonchev–Trinajstić information content (AvgIpc) is 3.10. The van der Waals surface area contributed by atoms with Gasteiger partial charge in [0, 0.05) is 5.69 Å². The van der Waals surface area contributed by atoms with Crippen LogP contribution in [0.15, 0.2) is 52.3 Å². The van der Waals surface area contributed by atoms with Gasteiger partial charge in [0.05, 0.1) is 17.0 Å². The molecule has 3 rings (SSSR count). The molecular weight excluding hydrogens is 284 g/mol. The largest absolute Gasteiger partial charge is 0.440 e. The first-order valence-corrected chi connectivity index (χ1v) is 7.45. The summed E-state index contributed by atoms with van der Waals surface area (Å²) in [4.78, 5) is 17.4. The molecule has 1 N–H and O–H groups in total. The van der Waals surface area contributed by atoms with Gasteiger partial charge in [-0.25, -0.2) is 4.98 Å². The van der Waals surface area contributed by atoms with Crippen LogP contribution in [0.1, 0.15) is 11.5 Å². The van der Waals surface area contributed by atoms with Crippen molar-refractivity contribution in [2.75, 3.05) is 5.32 Å². The van der Waals surface area contributed by atoms with Crippen LogP contribution >= 0.6 is 11.3 Å². The Bertz CT molecular complexity index is 733. The van der Waals surface area contributed by atoms with Crippen LogP contribution in [0.4, 0.5) is 5.69 Å². The molecule has 2 heterocycles. The van der Waals surface area contributed by atoms with Gasteiger partial charge in [0.1, 0.15) is 5.76 Å². The highest BCUT2D eigenvalue weighted by Gasteiger charge is 2.15. The van der Waals surface area contributed by atoms with Crippen LogP contribution in [-0.4, -0.2) is 10.9 Å². The van der Waals surface area contributed by atoms with Gasteiger partial charge in [0.2, 0.25) is 11.8 Å². The minimum Gasteiger partial charge on any atom is -0.440 e. The number of para-hydroxylation sites is 1. The van der Waals surface area contributed by atoms with Gasteiger partial charge in [0.15, 0.2) is 0 Å². The van der Waals surface area contributed by atoms with Gasteiger partial charge in [-0.05, 0) is 30.5 Å². The Balaban J connectivity index is 1.72. The molecule has 106 valence electrons. The number of hydrogen-bond donors (Lipinski definition) is 1. The number of aryl methyl sites for hydroxylation is 1. The number of carbonyl (C=O) groups is 1. The molecule has 3 aromatic rings. The molecular formula is C16H14N2O2S. The Morgan fingerprint density at radius 2 is 2.05 bits per heavy atom. The van der Waals surface area contributed by atoms with Crippen LogP contribution < -0.4 is 5.32 Å². The number of rotatable bonds is 4. The molecule has 0 aliphatic carbocycles. The third-order valence-electron chi connectivity index (χ3n) is 3.01. The molecule has 2 aromatic heterocycles. The first-order chi connectivity index (χ1) is 10.2. The molecule has 0 saturated heterocycles. The fraction of sp³-hybridized carbons (Fsp3) is 0.125. The molecule has 0 aliphatic rings. The summed E-state index contributed by atoms with van der Waals surface area (Å²) in [6.07, 6.45) is 0.204. The van der Waals surface area contributed by atoms with Crippen LogP contribution in [0, 0.1) is 6.92 Å². The molecule has 4 nitrogen and oxygen atoms in total. The number of thiophene rings is 1. The summed E-state index contributed by atoms with van der Waals surface area (Å²) in [6, 6.07) is 13.3. The Morgan fingerprint density at radius 1 is 1.24 bits per heavy atom. The Labute approximate surface area is 126 Å². The molecule has 0 spiro atoms. The van der Waals surface area contributed by atoms with E-state index in [1.165, 1.54) is 0 Å². The zero-order chi connectivity index (χ0) is 14.7. The van der Waals surface area contributed by atoms with Crippen molar-refractivity contribution in [3.8, 4) is 10.8 Å². The topological polar surface area (TPSA) is 55.1 Å². The van der Waals surface area contributed by atoms with Gasteiger partial charge >= 0.3 is 0 Å². The van der Waals surface area contributed by atoms with Gasteiger partial charge < -0.3 is 9.73 Å². The molecule has 0 saturated carbocycles. The van der Waals surface area contributed by atoms with Crippen LogP contribution in [0.25, 0.3) is 10.8 Å². The van der Waals surface area contributed by atoms with Crippen LogP contribution in [0.5, 0.6) is 0 Å². The van der Waals surface area contributed by atoms with Crippen molar-refractivity contribution in [1.29, 1.82) is 0 Å². The zero-order valence-corrected chi connectivity index (χ0v) is 12.3. The lowest BCUT2D eigenvalue weighted by atomic mass is 10.2. The summed E-state index contributed by atoms with van der Waals surface area (Å²) in [5.74, 6) is 1.15. The lowest BCUT2D eigenvalue weighted by molar-refractivity contribution is -0.115. The van der Waals surface area contributed by atoms with E-state index in [4.69, 9.17) is 4.42 Å². The number of nitrogens with one attached hydrogen (secondary N) is 1. The number of aromatic nitrogens is 1. The number of nitrogens with zero attached hydrogens (tertiary/aromatic N) is 1. The highest BCUT2D eigenvalue weighted by Crippen LogP contribution is 2.26. The molecule has 0 radical (unpaired) electrons. The molecule has 1 aromatic carbocycles. The fourth-order valence-corrected chi connectivity index (χ4v) is 2.63. The van der Waals surface area contributed by atoms with Crippen molar-refractivity contribution in [1.82, 2.24) is 4.98 Å². The van der Waals surface area contributed by atoms with E-state index < -0.39 is 0 Å². The minimum absolute atomic E-state index is 0.102. The van der Waals surface area contributed by atoms with E-state index in [1.807, 2.05) is 54.8 Å². The maximum atomic E-state index is 12.0. The van der Waals surface area contributed by atoms with Crippen molar-refractivity contribution in [2.24, 2.45) is 0 Å². The van der Waals surface area contributed by atoms with E-state index in [1.54, 1.807) is 11.3 Å². The number of carbonyl (C=O) groups excluding carboxylic acids is 1. The number of hydrogen-bond acceptors (Lipinski definition) is 4. The van der Waals surface area contributed by atoms with Gasteiger partial charge in [-0.2, -0.15) is 0 Å². The monoisotopic (exact) mass is 298 g/mol. The predicted octanol–water partition coefficient (Wildman–Crippen LogP) is 3.89. The summed E-state index contributed by atoms with van der Waals surface area (Å²) in [6.45, 7) is 1.83. The lowest BCUT2D eigenvalue weighted by Gasteiger charge is -2.03. The van der Waals surface area contributed by atoms with E-state index >= 15 is 0 Å². The van der Waals surface area contributed by atoms with Gasteiger partial charge in [-0.15, -0.1) is 11.3 Å². The predicted molar refractivity (Wildman–Crippen MR) is 83.3 cm³/mol. The standard InChI is InChI=1S/C16H14N2O2S/c1-11-13(18-16(20-11)14-8-5-9-21-14)10-15(19)17-12-6-3-2-4-7-12/h2-9H,10H2,1H3,(H,17,19). The summed E-state index contributed by atoms with van der Waals surface area (Å²) in [7, 11) is 0. The number of oxazole rings is 1. The maximum Gasteiger partial charge on any atom is 0.236 e. The van der Waals surface area contributed by atoms with E-state index in [9.17, 15) is 4.79 Å². The smallest absolute Gasteiger partial charge is 0.236 e. The average molecular weight is 298 g/mol. The number of benzene rings is 1. The highest BCUT2D eigenvalue weighted by atomic mass is 32.1. The zero-order valence-electron chi connectivity index (χ0n) is 11.5. The van der Waals surface area contributed by atoms with E-state index in [0.29, 0.717) is 17.3 Å². The molecule has 0 bridgehead atoms. The maximum absolute atomic E-state index is 12.0. The third-order valence-corrected chi connectivity index (χ3v) is 3.87. The van der Waals surface area contributed by atoms with Crippen LogP contribution in [0.3, 0.4) is 0 Å². The summed E-state index contributed by atoms with van der Waals surface area (Å²) in [5.41, 5.74) is 1.45. The summed E-state index contributed by atoms with van der Waals surface area (Å²) >= 11 is 1.56. The quantitative estimate of drug-likeness (QED) is 0.795. The van der Waals surface area contributed by atoms with Crippen molar-refractivity contribution in [3.05, 3.63) is 59.3 Å². The second-order valence-electron chi connectivity index (χ2n) is 4.59. The van der Waals surface area contributed by atoms with Crippen molar-refractivity contribution >= 4 is 22.9 Å². The van der Waals surface area contributed by atoms with Crippen LogP contribution in [-0.2, 0) is 11.2 Å². The molecule has 0 aliphatic heterocycles. The summed E-state index contributed by atoms with van der Waals surface area (Å²) in [5, 5.41) is 4.81. The van der Waals surface area contributed by atoms with Gasteiger partial charge in [0.25, 0.3) is 0 Å². The van der Waals surface area contributed by atoms with E-state index in [0.717, 1.165) is 10.6 Å². The first kappa shape index (κ1) is 13.6. The third kappa shape index (κ3) is 3.20. The molecule has 21 heavy (non-hydrogen) atoms. The molecule has 1 amide bonds. The van der Waals surface area contributed by atoms with Crippen molar-refractivity contribution in [2.45, 2.75) is 13.3 Å². The van der Waals surface area contributed by atoms with E-state index in [2.05, 4.69) is 10.3 Å². The molecule has 0 fully saturated rings. The summed E-state index contributed by atoms with van der Waals surface area (Å²) < 4.78 is 5.63. The minimum atomic E-state index is -0.102. The van der Waals surface area contributed by atoms with Gasteiger partial charge in [-0.3, -0.25) is 4.79 Å². The second-order valence-corrected chi connectivity index (χ2v) is 5.54. The SMILES string of the molecule is Cc1oc(-c2cccs2)nc1CC(=O)Nc1ccccc1. The second kappa shape index (κ2) is 5.93. The van der Waals surface area contributed by atoms with Gasteiger partial charge in [-0.1, -0.05) is 24.3 Å². The highest BCUT2D eigenvalue weighted by molar-refractivity contribution is 7.13. The Hall–Kier alpha value is -2.40. The number of amides is 1. The molecule has 0 unspecified atom stereocenters. The Kier molecular flexibility index (Phi) is 3.83. The van der Waals surface area contributed by atoms with E-state index in [-0.39, 0.29) is 12.3 Å². The number of anilines is 1. The fourth-order valence-electron chi connectivity index (χ4n) is 1.98. The van der Waals surface area contributed by atoms with Crippen molar-refractivity contribution in [3.63, 3.8) is 0 Å². The normalized spacial score (nSPS) is 10.5. The molecule has 0 atom stereocenters. The lowest BCUT2D eigenvalue weighted by Crippen LogP contribution is -2.15. The Morgan fingerprint density at radius 3 is 2.76 bits per heavy atom. The van der Waals surface area contributed by atoms with Crippen molar-refractivity contribution < 1.29 is 9.21 Å². The first-order valence-electron chi connectivity index (χ1n) is 6.57. The van der Waals surface area contributed by atoms with Crippen LogP contribution in [0.2, 0.25) is 0 Å².